The predicted octanol–water partition coefficient (Wildman–Crippen LogP) is 0.273. The number of carbonyl (C=O) groups is 1. The van der Waals surface area contributed by atoms with E-state index < -0.39 is 12.0 Å². The van der Waals surface area contributed by atoms with Gasteiger partial charge in [0.1, 0.15) is 6.04 Å². The average Bonchev–Trinajstić information content (AvgIpc) is 1.88. The Morgan fingerprint density at radius 1 is 1.90 bits per heavy atom. The van der Waals surface area contributed by atoms with Crippen molar-refractivity contribution in [3.05, 3.63) is 0 Å². The highest BCUT2D eigenvalue weighted by Gasteiger charge is 2.06. The molecular formula is C6H8INO2. The molecule has 0 bridgehead atoms. The number of esters is 1. The van der Waals surface area contributed by atoms with Crippen LogP contribution in [-0.2, 0) is 9.53 Å². The van der Waals surface area contributed by atoms with Crippen molar-refractivity contribution in [2.75, 3.05) is 6.61 Å². The maximum absolute atomic E-state index is 10.6. The second-order valence-corrected chi connectivity index (χ2v) is 2.21. The Hall–Kier alpha value is -0.280. The molecular weight excluding hydrogens is 245 g/mol. The van der Waals surface area contributed by atoms with Crippen LogP contribution in [0.4, 0.5) is 0 Å². The lowest BCUT2D eigenvalue weighted by Crippen LogP contribution is -2.28. The molecule has 0 saturated carbocycles. The van der Waals surface area contributed by atoms with E-state index >= 15 is 0 Å². The monoisotopic (exact) mass is 253 g/mol. The SMILES string of the molecule is C[C@@H](N)C(=O)OCC#CI. The standard InChI is InChI=1S/C6H8INO2/c1-5(8)6(9)10-4-2-3-7/h5H,4,8H2,1H3/t5-/m1/s1. The molecule has 0 unspecified atom stereocenters. The number of carbonyl (C=O) groups excluding carboxylic acids is 1. The zero-order chi connectivity index (χ0) is 7.98. The van der Waals surface area contributed by atoms with Gasteiger partial charge in [-0.3, -0.25) is 4.79 Å². The fourth-order valence-electron chi connectivity index (χ4n) is 0.266. The van der Waals surface area contributed by atoms with Gasteiger partial charge >= 0.3 is 5.97 Å². The van der Waals surface area contributed by atoms with E-state index in [0.29, 0.717) is 0 Å². The fraction of sp³-hybridized carbons (Fsp3) is 0.500. The molecule has 0 heterocycles. The molecule has 4 heteroatoms. The van der Waals surface area contributed by atoms with Gasteiger partial charge in [0.05, 0.1) is 0 Å². The third kappa shape index (κ3) is 4.58. The van der Waals surface area contributed by atoms with Crippen molar-refractivity contribution in [2.45, 2.75) is 13.0 Å². The van der Waals surface area contributed by atoms with Gasteiger partial charge in [-0.1, -0.05) is 5.92 Å². The first-order chi connectivity index (χ1) is 4.68. The molecule has 0 aromatic carbocycles. The molecule has 0 spiro atoms. The van der Waals surface area contributed by atoms with Crippen LogP contribution in [0.25, 0.3) is 0 Å². The summed E-state index contributed by atoms with van der Waals surface area (Å²) in [4.78, 5) is 10.6. The summed E-state index contributed by atoms with van der Waals surface area (Å²) < 4.78 is 7.17. The molecule has 0 saturated heterocycles. The Balaban J connectivity index is 3.47. The van der Waals surface area contributed by atoms with Crippen LogP contribution in [0.1, 0.15) is 6.92 Å². The first-order valence-electron chi connectivity index (χ1n) is 2.69. The summed E-state index contributed by atoms with van der Waals surface area (Å²) >= 11 is 1.87. The number of rotatable bonds is 2. The van der Waals surface area contributed by atoms with Gasteiger partial charge in [0.15, 0.2) is 6.61 Å². The van der Waals surface area contributed by atoms with Gasteiger partial charge < -0.3 is 10.5 Å². The van der Waals surface area contributed by atoms with Crippen LogP contribution in [0.2, 0.25) is 0 Å². The van der Waals surface area contributed by atoms with E-state index in [0.717, 1.165) is 0 Å². The third-order valence-corrected chi connectivity index (χ3v) is 1.11. The quantitative estimate of drug-likeness (QED) is 0.436. The smallest absolute Gasteiger partial charge is 0.323 e. The Kier molecular flexibility index (Phi) is 5.35. The second kappa shape index (κ2) is 5.50. The molecule has 56 valence electrons. The minimum absolute atomic E-state index is 0.128. The van der Waals surface area contributed by atoms with Crippen LogP contribution in [0.5, 0.6) is 0 Å². The molecule has 0 aliphatic heterocycles. The summed E-state index contributed by atoms with van der Waals surface area (Å²) in [7, 11) is 0. The molecule has 1 atom stereocenters. The summed E-state index contributed by atoms with van der Waals surface area (Å²) in [6.45, 7) is 1.70. The number of hydrogen-bond acceptors (Lipinski definition) is 3. The zero-order valence-electron chi connectivity index (χ0n) is 5.56. The van der Waals surface area contributed by atoms with Crippen LogP contribution >= 0.6 is 22.6 Å². The Morgan fingerprint density at radius 3 is 2.90 bits per heavy atom. The summed E-state index contributed by atoms with van der Waals surface area (Å²) in [6.07, 6.45) is 0. The van der Waals surface area contributed by atoms with Gasteiger partial charge in [-0.2, -0.15) is 0 Å². The molecule has 2 N–H and O–H groups in total. The molecule has 0 aromatic rings. The maximum Gasteiger partial charge on any atom is 0.323 e. The molecule has 3 nitrogen and oxygen atoms in total. The van der Waals surface area contributed by atoms with Gasteiger partial charge in [0.2, 0.25) is 0 Å². The molecule has 0 aliphatic carbocycles. The van der Waals surface area contributed by atoms with Crippen molar-refractivity contribution in [3.63, 3.8) is 0 Å². The number of ether oxygens (including phenoxy) is 1. The number of halogens is 1. The van der Waals surface area contributed by atoms with Gasteiger partial charge in [-0.05, 0) is 10.9 Å². The van der Waals surface area contributed by atoms with E-state index in [9.17, 15) is 4.79 Å². The summed E-state index contributed by atoms with van der Waals surface area (Å²) in [6, 6.07) is -0.559. The highest BCUT2D eigenvalue weighted by atomic mass is 127. The Morgan fingerprint density at radius 2 is 2.50 bits per heavy atom. The van der Waals surface area contributed by atoms with E-state index in [1.807, 2.05) is 22.6 Å². The first-order valence-corrected chi connectivity index (χ1v) is 3.77. The Labute approximate surface area is 73.4 Å². The molecule has 10 heavy (non-hydrogen) atoms. The highest BCUT2D eigenvalue weighted by Crippen LogP contribution is 1.82. The highest BCUT2D eigenvalue weighted by molar-refractivity contribution is 14.1. The molecule has 0 aliphatic rings. The van der Waals surface area contributed by atoms with Gasteiger partial charge in [0, 0.05) is 22.6 Å². The summed E-state index contributed by atoms with van der Waals surface area (Å²) in [5.74, 6) is 2.15. The van der Waals surface area contributed by atoms with Crippen molar-refractivity contribution >= 4 is 28.6 Å². The minimum atomic E-state index is -0.559. The molecule has 0 radical (unpaired) electrons. The molecule has 0 aromatic heterocycles. The first kappa shape index (κ1) is 9.72. The predicted molar refractivity (Wildman–Crippen MR) is 46.4 cm³/mol. The largest absolute Gasteiger partial charge is 0.451 e. The van der Waals surface area contributed by atoms with Crippen LogP contribution in [0.15, 0.2) is 0 Å². The van der Waals surface area contributed by atoms with Crippen molar-refractivity contribution in [1.29, 1.82) is 0 Å². The third-order valence-electron chi connectivity index (χ3n) is 0.725. The number of nitrogens with two attached hydrogens (primary N) is 1. The van der Waals surface area contributed by atoms with Crippen LogP contribution in [0.3, 0.4) is 0 Å². The zero-order valence-corrected chi connectivity index (χ0v) is 7.71. The lowest BCUT2D eigenvalue weighted by molar-refractivity contribution is -0.143. The van der Waals surface area contributed by atoms with Crippen molar-refractivity contribution in [1.82, 2.24) is 0 Å². The van der Waals surface area contributed by atoms with E-state index in [1.165, 1.54) is 0 Å². The maximum atomic E-state index is 10.6. The lowest BCUT2D eigenvalue weighted by atomic mass is 10.4. The second-order valence-electron chi connectivity index (χ2n) is 1.67. The average molecular weight is 253 g/mol. The fourth-order valence-corrected chi connectivity index (χ4v) is 0.422. The summed E-state index contributed by atoms with van der Waals surface area (Å²) in [5.41, 5.74) is 5.19. The van der Waals surface area contributed by atoms with Crippen molar-refractivity contribution < 1.29 is 9.53 Å². The normalized spacial score (nSPS) is 11.1. The number of hydrogen-bond donors (Lipinski definition) is 1. The van der Waals surface area contributed by atoms with E-state index in [1.54, 1.807) is 6.92 Å². The molecule has 0 fully saturated rings. The van der Waals surface area contributed by atoms with Crippen molar-refractivity contribution in [3.8, 4) is 9.85 Å². The lowest BCUT2D eigenvalue weighted by Gasteiger charge is -2.01. The molecule has 0 amide bonds. The van der Waals surface area contributed by atoms with Gasteiger partial charge in [-0.15, -0.1) is 0 Å². The van der Waals surface area contributed by atoms with Crippen LogP contribution in [-0.4, -0.2) is 18.6 Å². The van der Waals surface area contributed by atoms with Crippen LogP contribution in [0, 0.1) is 9.85 Å². The van der Waals surface area contributed by atoms with Gasteiger partial charge in [0.25, 0.3) is 0 Å². The van der Waals surface area contributed by atoms with E-state index in [4.69, 9.17) is 5.73 Å². The van der Waals surface area contributed by atoms with Crippen LogP contribution < -0.4 is 5.73 Å². The Bertz CT molecular complexity index is 168. The van der Waals surface area contributed by atoms with E-state index in [2.05, 4.69) is 14.6 Å². The van der Waals surface area contributed by atoms with Crippen molar-refractivity contribution in [2.24, 2.45) is 5.73 Å². The van der Waals surface area contributed by atoms with E-state index in [-0.39, 0.29) is 6.61 Å². The van der Waals surface area contributed by atoms with Gasteiger partial charge in [-0.25, -0.2) is 0 Å². The topological polar surface area (TPSA) is 52.3 Å². The summed E-state index contributed by atoms with van der Waals surface area (Å²) in [5, 5.41) is 0. The molecule has 0 rings (SSSR count). The minimum Gasteiger partial charge on any atom is -0.451 e.